The van der Waals surface area contributed by atoms with Gasteiger partial charge in [-0.3, -0.25) is 0 Å². The van der Waals surface area contributed by atoms with Gasteiger partial charge in [0.05, 0.1) is 13.1 Å². The quantitative estimate of drug-likeness (QED) is 0.591. The van der Waals surface area contributed by atoms with E-state index in [1.54, 1.807) is 11.8 Å². The topological polar surface area (TPSA) is 58.6 Å². The van der Waals surface area contributed by atoms with Gasteiger partial charge in [-0.1, -0.05) is 19.1 Å². The number of ether oxygens (including phenoxy) is 1. The summed E-state index contributed by atoms with van der Waals surface area (Å²) in [6.45, 7) is 3.94. The Bertz CT molecular complexity index is 895. The van der Waals surface area contributed by atoms with Crippen LogP contribution in [0.3, 0.4) is 0 Å². The van der Waals surface area contributed by atoms with Crippen LogP contribution in [0.1, 0.15) is 38.2 Å². The summed E-state index contributed by atoms with van der Waals surface area (Å²) in [5.41, 5.74) is 1.07. The highest BCUT2D eigenvalue weighted by Gasteiger charge is 2.29. The number of carbonyl (C=O) groups excluding carboxylic acids is 1. The largest absolute Gasteiger partial charge is 0.489 e. The molecule has 1 aromatic heterocycles. The molecule has 1 aliphatic rings. The highest BCUT2D eigenvalue weighted by molar-refractivity contribution is 5.76. The molecule has 31 heavy (non-hydrogen) atoms. The maximum atomic E-state index is 14.9. The fourth-order valence-electron chi connectivity index (χ4n) is 3.76. The van der Waals surface area contributed by atoms with Crippen molar-refractivity contribution >= 4 is 17.4 Å². The lowest BCUT2D eigenvalue weighted by Gasteiger charge is -2.22. The molecule has 0 amide bonds. The van der Waals surface area contributed by atoms with Crippen molar-refractivity contribution in [1.29, 1.82) is 0 Å². The van der Waals surface area contributed by atoms with Crippen LogP contribution in [0, 0.1) is 5.82 Å². The molecule has 0 saturated carbocycles. The Hall–Kier alpha value is -2.84. The van der Waals surface area contributed by atoms with Crippen LogP contribution in [-0.4, -0.2) is 55.0 Å². The molecule has 2 heterocycles. The number of anilines is 2. The Morgan fingerprint density at radius 3 is 2.65 bits per heavy atom. The molecule has 0 bridgehead atoms. The summed E-state index contributed by atoms with van der Waals surface area (Å²) < 4.78 is 46.2. The Morgan fingerprint density at radius 2 is 2.00 bits per heavy atom. The summed E-state index contributed by atoms with van der Waals surface area (Å²) in [6, 6.07) is 7.64. The van der Waals surface area contributed by atoms with Crippen LogP contribution < -0.4 is 14.5 Å². The second kappa shape index (κ2) is 9.98. The zero-order valence-corrected chi connectivity index (χ0v) is 17.9. The smallest absolute Gasteiger partial charge is 0.255 e. The lowest BCUT2D eigenvalue weighted by atomic mass is 9.96. The number of Topliss-reactive ketones (excluding diaryl/α,β-unsaturated/α-hetero) is 1. The zero-order chi connectivity index (χ0) is 22.5. The third-order valence-electron chi connectivity index (χ3n) is 5.32. The van der Waals surface area contributed by atoms with E-state index in [4.69, 9.17) is 4.74 Å². The number of hydrogen-bond donors (Lipinski definition) is 0. The van der Waals surface area contributed by atoms with Crippen molar-refractivity contribution in [1.82, 2.24) is 9.97 Å². The molecular formula is C22H27F3N4O2. The average Bonchev–Trinajstić information content (AvgIpc) is 3.15. The molecule has 168 valence electrons. The number of halogens is 3. The molecule has 0 radical (unpaired) electrons. The normalized spacial score (nSPS) is 17.1. The van der Waals surface area contributed by atoms with E-state index in [1.807, 2.05) is 31.2 Å². The fourth-order valence-corrected chi connectivity index (χ4v) is 3.76. The third kappa shape index (κ3) is 5.86. The Kier molecular flexibility index (Phi) is 7.35. The average molecular weight is 436 g/mol. The molecule has 0 aliphatic carbocycles. The van der Waals surface area contributed by atoms with Crippen LogP contribution in [0.25, 0.3) is 0 Å². The summed E-state index contributed by atoms with van der Waals surface area (Å²) in [4.78, 5) is 22.0. The minimum absolute atomic E-state index is 0.0885. The van der Waals surface area contributed by atoms with Gasteiger partial charge in [-0.25, -0.2) is 18.7 Å². The second-order valence-electron chi connectivity index (χ2n) is 7.96. The van der Waals surface area contributed by atoms with Crippen LogP contribution in [-0.2, 0) is 4.79 Å². The number of benzene rings is 1. The molecular weight excluding hydrogens is 409 g/mol. The second-order valence-corrected chi connectivity index (χ2v) is 7.96. The van der Waals surface area contributed by atoms with Crippen molar-refractivity contribution in [3.63, 3.8) is 0 Å². The lowest BCUT2D eigenvalue weighted by Crippen LogP contribution is -2.29. The maximum Gasteiger partial charge on any atom is 0.255 e. The van der Waals surface area contributed by atoms with Crippen LogP contribution >= 0.6 is 0 Å². The van der Waals surface area contributed by atoms with Crippen molar-refractivity contribution in [2.24, 2.45) is 0 Å². The SMILES string of the molecule is CC(=O)C[C@@H](C)c1ccc(O[C@@H]2CCN(c3ncnc(N(C)CC(F)F)c3F)C2)cc1. The summed E-state index contributed by atoms with van der Waals surface area (Å²) in [5, 5.41) is 0. The van der Waals surface area contributed by atoms with E-state index in [9.17, 15) is 18.0 Å². The van der Waals surface area contributed by atoms with Crippen LogP contribution in [0.15, 0.2) is 30.6 Å². The van der Waals surface area contributed by atoms with Crippen molar-refractivity contribution < 1.29 is 22.7 Å². The molecule has 6 nitrogen and oxygen atoms in total. The number of aromatic nitrogens is 2. The van der Waals surface area contributed by atoms with Gasteiger partial charge in [-0.2, -0.15) is 4.39 Å². The first-order valence-corrected chi connectivity index (χ1v) is 10.3. The van der Waals surface area contributed by atoms with Gasteiger partial charge in [0.15, 0.2) is 11.6 Å². The molecule has 1 fully saturated rings. The molecule has 1 aromatic carbocycles. The van der Waals surface area contributed by atoms with E-state index in [2.05, 4.69) is 9.97 Å². The number of carbonyl (C=O) groups is 1. The van der Waals surface area contributed by atoms with Gasteiger partial charge in [-0.05, 0) is 30.5 Å². The Labute approximate surface area is 180 Å². The first kappa shape index (κ1) is 22.8. The first-order valence-electron chi connectivity index (χ1n) is 10.3. The van der Waals surface area contributed by atoms with Gasteiger partial charge in [-0.15, -0.1) is 0 Å². The highest BCUT2D eigenvalue weighted by Crippen LogP contribution is 2.29. The van der Waals surface area contributed by atoms with E-state index < -0.39 is 18.8 Å². The number of alkyl halides is 2. The molecule has 3 rings (SSSR count). The summed E-state index contributed by atoms with van der Waals surface area (Å²) >= 11 is 0. The van der Waals surface area contributed by atoms with Gasteiger partial charge < -0.3 is 19.3 Å². The maximum absolute atomic E-state index is 14.9. The number of rotatable bonds is 9. The van der Waals surface area contributed by atoms with E-state index in [-0.39, 0.29) is 29.4 Å². The predicted octanol–water partition coefficient (Wildman–Crippen LogP) is 4.06. The fraction of sp³-hybridized carbons (Fsp3) is 0.500. The summed E-state index contributed by atoms with van der Waals surface area (Å²) in [6.07, 6.45) is -0.392. The van der Waals surface area contributed by atoms with E-state index in [0.29, 0.717) is 31.7 Å². The summed E-state index contributed by atoms with van der Waals surface area (Å²) in [7, 11) is 1.37. The van der Waals surface area contributed by atoms with E-state index >= 15 is 0 Å². The molecule has 1 aliphatic heterocycles. The highest BCUT2D eigenvalue weighted by atomic mass is 19.3. The number of nitrogens with zero attached hydrogens (tertiary/aromatic N) is 4. The molecule has 0 N–H and O–H groups in total. The molecule has 0 unspecified atom stereocenters. The lowest BCUT2D eigenvalue weighted by molar-refractivity contribution is -0.117. The van der Waals surface area contributed by atoms with Crippen LogP contribution in [0.5, 0.6) is 5.75 Å². The predicted molar refractivity (Wildman–Crippen MR) is 113 cm³/mol. The van der Waals surface area contributed by atoms with Gasteiger partial charge in [0.25, 0.3) is 6.43 Å². The standard InChI is InChI=1S/C22H27F3N4O2/c1-14(10-15(2)30)16-4-6-17(7-5-16)31-18-8-9-29(11-18)22-20(25)21(26-13-27-22)28(3)12-19(23)24/h4-7,13-14,18-19H,8-12H2,1-3H3/t14-,18-/m1/s1. The molecule has 2 atom stereocenters. The Morgan fingerprint density at radius 1 is 1.29 bits per heavy atom. The molecule has 2 aromatic rings. The van der Waals surface area contributed by atoms with Crippen LogP contribution in [0.2, 0.25) is 0 Å². The molecule has 1 saturated heterocycles. The molecule has 9 heteroatoms. The molecule has 0 spiro atoms. The van der Waals surface area contributed by atoms with Crippen molar-refractivity contribution in [2.45, 2.75) is 45.1 Å². The van der Waals surface area contributed by atoms with Gasteiger partial charge in [0, 0.05) is 26.4 Å². The van der Waals surface area contributed by atoms with Crippen molar-refractivity contribution in [2.75, 3.05) is 36.5 Å². The van der Waals surface area contributed by atoms with Crippen molar-refractivity contribution in [3.05, 3.63) is 42.0 Å². The first-order chi connectivity index (χ1) is 14.7. The van der Waals surface area contributed by atoms with Crippen molar-refractivity contribution in [3.8, 4) is 5.75 Å². The monoisotopic (exact) mass is 436 g/mol. The minimum atomic E-state index is -2.59. The van der Waals surface area contributed by atoms with Gasteiger partial charge >= 0.3 is 0 Å². The summed E-state index contributed by atoms with van der Waals surface area (Å²) in [5.74, 6) is 0.225. The third-order valence-corrected chi connectivity index (χ3v) is 5.32. The number of hydrogen-bond acceptors (Lipinski definition) is 6. The van der Waals surface area contributed by atoms with Gasteiger partial charge in [0.2, 0.25) is 5.82 Å². The Balaban J connectivity index is 1.62. The van der Waals surface area contributed by atoms with Crippen LogP contribution in [0.4, 0.5) is 24.8 Å². The van der Waals surface area contributed by atoms with E-state index in [0.717, 1.165) is 10.5 Å². The zero-order valence-electron chi connectivity index (χ0n) is 17.9. The minimum Gasteiger partial charge on any atom is -0.489 e. The van der Waals surface area contributed by atoms with E-state index in [1.165, 1.54) is 13.4 Å². The van der Waals surface area contributed by atoms with Gasteiger partial charge in [0.1, 0.15) is 24.0 Å². The number of ketones is 1.